The van der Waals surface area contributed by atoms with Crippen LogP contribution in [0, 0.1) is 0 Å². The number of rotatable bonds is 1. The van der Waals surface area contributed by atoms with E-state index in [4.69, 9.17) is 4.74 Å². The lowest BCUT2D eigenvalue weighted by atomic mass is 9.69. The molecule has 2 aliphatic carbocycles. The highest BCUT2D eigenvalue weighted by Crippen LogP contribution is 2.46. The first-order valence-electron chi connectivity index (χ1n) is 8.72. The predicted octanol–water partition coefficient (Wildman–Crippen LogP) is 0.835. The summed E-state index contributed by atoms with van der Waals surface area (Å²) in [5, 5.41) is 33.8. The maximum atomic E-state index is 13.1. The van der Waals surface area contributed by atoms with Crippen molar-refractivity contribution in [3.8, 4) is 11.5 Å². The lowest BCUT2D eigenvalue weighted by Crippen LogP contribution is -2.45. The Morgan fingerprint density at radius 1 is 1.14 bits per heavy atom. The zero-order valence-electron chi connectivity index (χ0n) is 15.4. The number of phenols is 1. The van der Waals surface area contributed by atoms with Crippen LogP contribution in [0.25, 0.3) is 0 Å². The minimum atomic E-state index is -1.84. The second-order valence-electron chi connectivity index (χ2n) is 7.36. The number of Topliss-reactive ketones (excluding diaryl/α,β-unsaturated/α-hetero) is 1. The number of aliphatic hydroxyl groups is 1. The molecule has 0 bridgehead atoms. The highest BCUT2D eigenvalue weighted by molar-refractivity contribution is 6.31. The molecule has 0 aromatic heterocycles. The van der Waals surface area contributed by atoms with Crippen molar-refractivity contribution in [3.63, 3.8) is 0 Å². The zero-order valence-corrected chi connectivity index (χ0v) is 15.4. The summed E-state index contributed by atoms with van der Waals surface area (Å²) in [6, 6.07) is 5.06. The first-order valence-corrected chi connectivity index (χ1v) is 8.72. The Morgan fingerprint density at radius 2 is 1.83 bits per heavy atom. The van der Waals surface area contributed by atoms with Gasteiger partial charge in [0.1, 0.15) is 11.7 Å². The van der Waals surface area contributed by atoms with Crippen molar-refractivity contribution >= 4 is 23.3 Å². The van der Waals surface area contributed by atoms with Crippen molar-refractivity contribution in [1.29, 1.82) is 0 Å². The summed E-state index contributed by atoms with van der Waals surface area (Å²) in [4.78, 5) is 50.8. The molecule has 0 spiro atoms. The highest BCUT2D eigenvalue weighted by Gasteiger charge is 2.48. The second kappa shape index (κ2) is 5.99. The van der Waals surface area contributed by atoms with E-state index in [0.29, 0.717) is 0 Å². The molecule has 0 saturated heterocycles. The van der Waals surface area contributed by atoms with E-state index in [1.165, 1.54) is 25.1 Å². The van der Waals surface area contributed by atoms with E-state index in [9.17, 15) is 34.5 Å². The van der Waals surface area contributed by atoms with E-state index in [1.807, 2.05) is 0 Å². The van der Waals surface area contributed by atoms with Crippen molar-refractivity contribution in [3.05, 3.63) is 57.6 Å². The van der Waals surface area contributed by atoms with Crippen LogP contribution in [-0.2, 0) is 9.53 Å². The normalized spacial score (nSPS) is 22.6. The number of hydrogen-bond donors (Lipinski definition) is 2. The van der Waals surface area contributed by atoms with Gasteiger partial charge in [-0.15, -0.1) is 0 Å². The topological polar surface area (TPSA) is 141 Å². The third-order valence-electron chi connectivity index (χ3n) is 5.46. The summed E-state index contributed by atoms with van der Waals surface area (Å²) in [6.07, 6.45) is -0.530. The molecule has 2 aliphatic rings. The fourth-order valence-electron chi connectivity index (χ4n) is 4.19. The lowest BCUT2D eigenvalue weighted by Gasteiger charge is -2.39. The molecular formula is C21H15O8-. The Balaban J connectivity index is 2.06. The smallest absolute Gasteiger partial charge is 0.316 e. The van der Waals surface area contributed by atoms with Gasteiger partial charge in [-0.2, -0.15) is 0 Å². The fraction of sp³-hybridized carbons (Fsp3) is 0.238. The van der Waals surface area contributed by atoms with Crippen molar-refractivity contribution < 1.29 is 39.2 Å². The van der Waals surface area contributed by atoms with Gasteiger partial charge in [-0.05, 0) is 24.6 Å². The van der Waals surface area contributed by atoms with Gasteiger partial charge in [-0.3, -0.25) is 19.2 Å². The van der Waals surface area contributed by atoms with Crippen LogP contribution in [0.2, 0.25) is 0 Å². The molecule has 0 radical (unpaired) electrons. The molecule has 29 heavy (non-hydrogen) atoms. The molecule has 0 saturated carbocycles. The molecule has 0 amide bonds. The van der Waals surface area contributed by atoms with Gasteiger partial charge in [0.15, 0.2) is 17.3 Å². The highest BCUT2D eigenvalue weighted by atomic mass is 16.5. The van der Waals surface area contributed by atoms with Crippen LogP contribution in [0.4, 0.5) is 0 Å². The number of methoxy groups -OCH3 is 1. The number of benzene rings is 2. The number of ether oxygens (including phenoxy) is 1. The number of aromatic hydroxyl groups is 1. The number of carbonyl (C=O) groups excluding carboxylic acids is 4. The van der Waals surface area contributed by atoms with Crippen LogP contribution >= 0.6 is 0 Å². The molecule has 0 unspecified atom stereocenters. The standard InChI is InChI=1S/C21H16O8/c1-21(28)7-12(23)14-9(16(21)20(27)29-2)6-10-15(19(14)26)18(25)13-8(17(10)24)4-3-5-11(13)22/h3-6,16,22,26,28H,7H2,1-2H3/p-1/t16-,21-/m0/s1. The molecule has 0 aliphatic heterocycles. The molecule has 2 aromatic carbocycles. The SMILES string of the molecule is COC(=O)[C@@H]1c2cc3c(c([O-])c2C(=O)C[C@]1(C)O)C(=O)c1c(O)cccc1C3=O. The third-order valence-corrected chi connectivity index (χ3v) is 5.46. The Bertz CT molecular complexity index is 1140. The second-order valence-corrected chi connectivity index (χ2v) is 7.36. The number of fused-ring (bicyclic) bond motifs is 3. The molecular weight excluding hydrogens is 380 g/mol. The average molecular weight is 395 g/mol. The molecule has 2 atom stereocenters. The molecule has 4 rings (SSSR count). The van der Waals surface area contributed by atoms with E-state index < -0.39 is 63.9 Å². The summed E-state index contributed by atoms with van der Waals surface area (Å²) < 4.78 is 4.72. The third kappa shape index (κ3) is 2.42. The minimum Gasteiger partial charge on any atom is -0.871 e. The van der Waals surface area contributed by atoms with Gasteiger partial charge in [0.2, 0.25) is 0 Å². The Kier molecular flexibility index (Phi) is 3.89. The predicted molar refractivity (Wildman–Crippen MR) is 95.2 cm³/mol. The van der Waals surface area contributed by atoms with Crippen molar-refractivity contribution in [2.75, 3.05) is 7.11 Å². The summed E-state index contributed by atoms with van der Waals surface area (Å²) in [7, 11) is 1.10. The van der Waals surface area contributed by atoms with Crippen LogP contribution in [0.1, 0.15) is 67.0 Å². The van der Waals surface area contributed by atoms with E-state index in [-0.39, 0.29) is 22.3 Å². The number of phenolic OH excluding ortho intramolecular Hbond substituents is 1. The van der Waals surface area contributed by atoms with E-state index >= 15 is 0 Å². The van der Waals surface area contributed by atoms with Gasteiger partial charge < -0.3 is 20.1 Å². The molecule has 148 valence electrons. The van der Waals surface area contributed by atoms with Crippen molar-refractivity contribution in [2.45, 2.75) is 24.9 Å². The van der Waals surface area contributed by atoms with E-state index in [0.717, 1.165) is 13.2 Å². The largest absolute Gasteiger partial charge is 0.871 e. The quantitative estimate of drug-likeness (QED) is 0.577. The van der Waals surface area contributed by atoms with Crippen LogP contribution in [-0.4, -0.2) is 46.2 Å². The first-order chi connectivity index (χ1) is 13.6. The fourth-order valence-corrected chi connectivity index (χ4v) is 4.19. The summed E-state index contributed by atoms with van der Waals surface area (Å²) in [5.74, 6) is -6.04. The van der Waals surface area contributed by atoms with Gasteiger partial charge in [0.05, 0.1) is 18.3 Å². The Morgan fingerprint density at radius 3 is 2.48 bits per heavy atom. The van der Waals surface area contributed by atoms with Crippen molar-refractivity contribution in [2.24, 2.45) is 0 Å². The number of esters is 1. The van der Waals surface area contributed by atoms with Crippen LogP contribution in [0.5, 0.6) is 11.5 Å². The Labute approximate surface area is 164 Å². The van der Waals surface area contributed by atoms with Gasteiger partial charge in [0.25, 0.3) is 0 Å². The summed E-state index contributed by atoms with van der Waals surface area (Å²) in [5.41, 5.74) is -3.61. The zero-order chi connectivity index (χ0) is 21.2. The number of carbonyl (C=O) groups is 4. The summed E-state index contributed by atoms with van der Waals surface area (Å²) in [6.45, 7) is 1.26. The van der Waals surface area contributed by atoms with Crippen LogP contribution in [0.3, 0.4) is 0 Å². The lowest BCUT2D eigenvalue weighted by molar-refractivity contribution is -0.269. The van der Waals surface area contributed by atoms with Gasteiger partial charge >= 0.3 is 5.97 Å². The maximum absolute atomic E-state index is 13.1. The molecule has 0 heterocycles. The average Bonchev–Trinajstić information content (AvgIpc) is 2.64. The molecule has 2 N–H and O–H groups in total. The van der Waals surface area contributed by atoms with E-state index in [2.05, 4.69) is 0 Å². The van der Waals surface area contributed by atoms with Crippen molar-refractivity contribution in [1.82, 2.24) is 0 Å². The maximum Gasteiger partial charge on any atom is 0.316 e. The van der Waals surface area contributed by atoms with Gasteiger partial charge in [0, 0.05) is 28.7 Å². The first kappa shape index (κ1) is 18.8. The van der Waals surface area contributed by atoms with Gasteiger partial charge in [-0.1, -0.05) is 17.9 Å². The van der Waals surface area contributed by atoms with Gasteiger partial charge in [-0.25, -0.2) is 0 Å². The Hall–Kier alpha value is -3.52. The number of ketones is 3. The monoisotopic (exact) mass is 395 g/mol. The molecule has 2 aromatic rings. The minimum absolute atomic E-state index is 0.0923. The number of hydrogen-bond acceptors (Lipinski definition) is 8. The van der Waals surface area contributed by atoms with Crippen LogP contribution < -0.4 is 5.11 Å². The molecule has 0 fully saturated rings. The summed E-state index contributed by atoms with van der Waals surface area (Å²) >= 11 is 0. The molecule has 8 nitrogen and oxygen atoms in total. The molecule has 8 heteroatoms. The van der Waals surface area contributed by atoms with E-state index in [1.54, 1.807) is 0 Å². The van der Waals surface area contributed by atoms with Crippen LogP contribution in [0.15, 0.2) is 24.3 Å².